The smallest absolute Gasteiger partial charge is 0.0627 e. The van der Waals surface area contributed by atoms with Crippen molar-refractivity contribution in [1.29, 1.82) is 0 Å². The molecule has 0 aliphatic rings. The van der Waals surface area contributed by atoms with Crippen LogP contribution in [0.2, 0.25) is 5.02 Å². The fourth-order valence-electron chi connectivity index (χ4n) is 1.12. The molecule has 0 spiro atoms. The van der Waals surface area contributed by atoms with Crippen LogP contribution >= 0.6 is 35.6 Å². The van der Waals surface area contributed by atoms with E-state index in [4.69, 9.17) is 17.3 Å². The Balaban J connectivity index is 2.97. The summed E-state index contributed by atoms with van der Waals surface area (Å²) in [5, 5.41) is 3.65. The third-order valence-electron chi connectivity index (χ3n) is 1.68. The molecule has 1 heterocycles. The van der Waals surface area contributed by atoms with Gasteiger partial charge in [-0.25, -0.2) is 0 Å². The predicted octanol–water partition coefficient (Wildman–Crippen LogP) is 3.43. The summed E-state index contributed by atoms with van der Waals surface area (Å²) < 4.78 is 1.04. The summed E-state index contributed by atoms with van der Waals surface area (Å²) in [4.78, 5) is 0.736. The van der Waals surface area contributed by atoms with E-state index in [-0.39, 0.29) is 0 Å². The maximum absolute atomic E-state index is 6.01. The minimum absolute atomic E-state index is 0.684. The van der Waals surface area contributed by atoms with Crippen LogP contribution in [-0.4, -0.2) is 0 Å². The van der Waals surface area contributed by atoms with Gasteiger partial charge in [0, 0.05) is 10.3 Å². The van der Waals surface area contributed by atoms with Crippen LogP contribution in [0.1, 0.15) is 0 Å². The third-order valence-corrected chi connectivity index (χ3v) is 3.54. The highest BCUT2D eigenvalue weighted by atomic mass is 35.5. The van der Waals surface area contributed by atoms with Crippen LogP contribution in [0.3, 0.4) is 0 Å². The summed E-state index contributed by atoms with van der Waals surface area (Å²) in [6, 6.07) is 3.74. The minimum atomic E-state index is 0.684. The van der Waals surface area contributed by atoms with Gasteiger partial charge in [-0.1, -0.05) is 11.6 Å². The first kappa shape index (κ1) is 8.23. The van der Waals surface area contributed by atoms with Gasteiger partial charge in [0.1, 0.15) is 0 Å². The maximum atomic E-state index is 6.01. The average Bonchev–Trinajstić information content (AvgIpc) is 2.48. The van der Waals surface area contributed by atoms with Crippen LogP contribution in [0.4, 0.5) is 5.69 Å². The van der Waals surface area contributed by atoms with Gasteiger partial charge in [-0.05, 0) is 17.5 Å². The second-order valence-electron chi connectivity index (χ2n) is 2.46. The number of thiophene rings is 1. The van der Waals surface area contributed by atoms with Crippen molar-refractivity contribution in [3.8, 4) is 0 Å². The van der Waals surface area contributed by atoms with Crippen LogP contribution in [0.5, 0.6) is 0 Å². The number of hydrogen-bond acceptors (Lipinski definition) is 3. The zero-order valence-electron chi connectivity index (χ0n) is 6.04. The number of halogens is 1. The van der Waals surface area contributed by atoms with Gasteiger partial charge in [0.2, 0.25) is 0 Å². The van der Waals surface area contributed by atoms with Gasteiger partial charge < -0.3 is 5.73 Å². The van der Waals surface area contributed by atoms with Crippen molar-refractivity contribution < 1.29 is 0 Å². The van der Waals surface area contributed by atoms with Gasteiger partial charge in [0.15, 0.2) is 0 Å². The Bertz CT molecular complexity index is 436. The zero-order chi connectivity index (χ0) is 8.72. The number of hydrogen-bond donors (Lipinski definition) is 2. The molecule has 1 nitrogen and oxygen atoms in total. The van der Waals surface area contributed by atoms with Crippen molar-refractivity contribution in [3.63, 3.8) is 0 Å². The van der Waals surface area contributed by atoms with Crippen LogP contribution in [-0.2, 0) is 0 Å². The summed E-state index contributed by atoms with van der Waals surface area (Å²) >= 11 is 11.8. The van der Waals surface area contributed by atoms with Gasteiger partial charge in [-0.2, -0.15) is 0 Å². The lowest BCUT2D eigenvalue weighted by atomic mass is 10.2. The normalized spacial score (nSPS) is 10.8. The van der Waals surface area contributed by atoms with Crippen molar-refractivity contribution in [2.24, 2.45) is 0 Å². The first-order chi connectivity index (χ1) is 5.70. The molecule has 0 aliphatic heterocycles. The number of nitrogens with two attached hydrogens (primary N) is 1. The number of fused-ring (bicyclic) bond motifs is 1. The van der Waals surface area contributed by atoms with Crippen molar-refractivity contribution in [2.45, 2.75) is 4.90 Å². The monoisotopic (exact) mass is 215 g/mol. The van der Waals surface area contributed by atoms with E-state index in [0.29, 0.717) is 5.02 Å². The molecule has 0 atom stereocenters. The molecule has 0 aliphatic carbocycles. The Hall–Kier alpha value is -0.380. The highest BCUT2D eigenvalue weighted by molar-refractivity contribution is 7.80. The third kappa shape index (κ3) is 1.09. The highest BCUT2D eigenvalue weighted by Crippen LogP contribution is 2.36. The maximum Gasteiger partial charge on any atom is 0.0627 e. The SMILES string of the molecule is Nc1cc(S)c(Cl)c2ccsc12. The summed E-state index contributed by atoms with van der Waals surface area (Å²) in [7, 11) is 0. The molecular weight excluding hydrogens is 210 g/mol. The van der Waals surface area contributed by atoms with E-state index in [9.17, 15) is 0 Å². The number of nitrogen functional groups attached to an aromatic ring is 1. The fourth-order valence-corrected chi connectivity index (χ4v) is 2.48. The van der Waals surface area contributed by atoms with E-state index in [1.165, 1.54) is 0 Å². The fraction of sp³-hybridized carbons (Fsp3) is 0. The Kier molecular flexibility index (Phi) is 1.94. The van der Waals surface area contributed by atoms with Crippen LogP contribution in [0.25, 0.3) is 10.1 Å². The van der Waals surface area contributed by atoms with Crippen LogP contribution < -0.4 is 5.73 Å². The molecule has 4 heteroatoms. The van der Waals surface area contributed by atoms with Crippen molar-refractivity contribution in [3.05, 3.63) is 22.5 Å². The molecule has 1 aromatic carbocycles. The molecular formula is C8H6ClNS2. The summed E-state index contributed by atoms with van der Waals surface area (Å²) in [5.41, 5.74) is 6.52. The van der Waals surface area contributed by atoms with Crippen LogP contribution in [0, 0.1) is 0 Å². The molecule has 2 N–H and O–H groups in total. The Morgan fingerprint density at radius 2 is 2.25 bits per heavy atom. The first-order valence-corrected chi connectivity index (χ1v) is 5.05. The van der Waals surface area contributed by atoms with Gasteiger partial charge >= 0.3 is 0 Å². The Morgan fingerprint density at radius 1 is 1.50 bits per heavy atom. The highest BCUT2D eigenvalue weighted by Gasteiger charge is 2.06. The molecule has 0 bridgehead atoms. The lowest BCUT2D eigenvalue weighted by Crippen LogP contribution is -1.85. The van der Waals surface area contributed by atoms with Gasteiger partial charge in [0.25, 0.3) is 0 Å². The largest absolute Gasteiger partial charge is 0.398 e. The number of thiol groups is 1. The second-order valence-corrected chi connectivity index (χ2v) is 4.24. The molecule has 0 fully saturated rings. The molecule has 0 saturated carbocycles. The molecule has 0 radical (unpaired) electrons. The quantitative estimate of drug-likeness (QED) is 0.511. The minimum Gasteiger partial charge on any atom is -0.398 e. The van der Waals surface area contributed by atoms with Crippen molar-refractivity contribution >= 4 is 51.3 Å². The second kappa shape index (κ2) is 2.83. The first-order valence-electron chi connectivity index (χ1n) is 3.34. The topological polar surface area (TPSA) is 26.0 Å². The van der Waals surface area contributed by atoms with Gasteiger partial charge in [-0.3, -0.25) is 0 Å². The average molecular weight is 216 g/mol. The van der Waals surface area contributed by atoms with E-state index in [0.717, 1.165) is 20.7 Å². The van der Waals surface area contributed by atoms with Crippen molar-refractivity contribution in [2.75, 3.05) is 5.73 Å². The Labute approximate surface area is 84.6 Å². The summed E-state index contributed by atoms with van der Waals surface area (Å²) in [6.45, 7) is 0. The number of anilines is 1. The standard InChI is InChI=1S/C8H6ClNS2/c9-7-4-1-2-12-8(4)5(10)3-6(7)11/h1-3,11H,10H2. The number of rotatable bonds is 0. The molecule has 12 heavy (non-hydrogen) atoms. The molecule has 2 rings (SSSR count). The van der Waals surface area contributed by atoms with Crippen molar-refractivity contribution in [1.82, 2.24) is 0 Å². The number of benzene rings is 1. The van der Waals surface area contributed by atoms with Gasteiger partial charge in [0.05, 0.1) is 15.4 Å². The molecule has 2 aromatic rings. The van der Waals surface area contributed by atoms with Gasteiger partial charge in [-0.15, -0.1) is 24.0 Å². The lowest BCUT2D eigenvalue weighted by molar-refractivity contribution is 1.54. The van der Waals surface area contributed by atoms with E-state index >= 15 is 0 Å². The van der Waals surface area contributed by atoms with E-state index < -0.39 is 0 Å². The summed E-state index contributed by atoms with van der Waals surface area (Å²) in [5.74, 6) is 0. The molecule has 62 valence electrons. The van der Waals surface area contributed by atoms with E-state index in [1.54, 1.807) is 17.4 Å². The molecule has 1 aromatic heterocycles. The molecule has 0 saturated heterocycles. The van der Waals surface area contributed by atoms with E-state index in [2.05, 4.69) is 12.6 Å². The predicted molar refractivity (Wildman–Crippen MR) is 58.5 cm³/mol. The Morgan fingerprint density at radius 3 is 3.00 bits per heavy atom. The molecule has 0 unspecified atom stereocenters. The zero-order valence-corrected chi connectivity index (χ0v) is 8.51. The summed E-state index contributed by atoms with van der Waals surface area (Å²) in [6.07, 6.45) is 0. The lowest BCUT2D eigenvalue weighted by Gasteiger charge is -2.01. The van der Waals surface area contributed by atoms with E-state index in [1.807, 2.05) is 11.4 Å². The molecule has 0 amide bonds. The van der Waals surface area contributed by atoms with Crippen LogP contribution in [0.15, 0.2) is 22.4 Å².